The Labute approximate surface area is 263 Å². The molecule has 7 rings (SSSR count). The van der Waals surface area contributed by atoms with Gasteiger partial charge in [-0.2, -0.15) is 0 Å². The zero-order valence-corrected chi connectivity index (χ0v) is 26.1. The Morgan fingerprint density at radius 1 is 0.956 bits per heavy atom. The molecule has 1 atom stereocenters. The van der Waals surface area contributed by atoms with Crippen molar-refractivity contribution in [2.24, 2.45) is 0 Å². The second-order valence-electron chi connectivity index (χ2n) is 13.1. The maximum atomic E-state index is 13.8. The molecule has 4 heterocycles. The first-order chi connectivity index (χ1) is 21.7. The number of benzene rings is 3. The van der Waals surface area contributed by atoms with Gasteiger partial charge in [0.1, 0.15) is 11.9 Å². The number of likely N-dealkylation sites (tertiary alicyclic amines) is 1. The van der Waals surface area contributed by atoms with Crippen molar-refractivity contribution in [3.63, 3.8) is 0 Å². The monoisotopic (exact) mass is 605 g/mol. The number of carbonyl (C=O) groups is 2. The molecule has 8 heteroatoms. The molecule has 232 valence electrons. The summed E-state index contributed by atoms with van der Waals surface area (Å²) in [6, 6.07) is 22.2. The van der Waals surface area contributed by atoms with Crippen LogP contribution in [0.3, 0.4) is 0 Å². The molecule has 0 aliphatic carbocycles. The zero-order chi connectivity index (χ0) is 31.1. The highest BCUT2D eigenvalue weighted by Crippen LogP contribution is 2.39. The molecule has 1 aromatic heterocycles. The number of aromatic nitrogens is 1. The lowest BCUT2D eigenvalue weighted by Gasteiger charge is -2.26. The molecule has 0 saturated carbocycles. The number of carbonyl (C=O) groups excluding carboxylic acids is 2. The van der Waals surface area contributed by atoms with Crippen molar-refractivity contribution in [1.82, 2.24) is 14.8 Å². The maximum absolute atomic E-state index is 13.8. The van der Waals surface area contributed by atoms with Crippen molar-refractivity contribution >= 4 is 28.7 Å². The van der Waals surface area contributed by atoms with E-state index >= 15 is 0 Å². The minimum absolute atomic E-state index is 0.186. The SMILES string of the molecule is CC(C)(C)OC(=O)n1c(-c2ccc(C3=COC(Cc4ccccc4)O3)c3c2C(=O)NC3)cc2cc(CN3CCCCC3)ccc21. The molecular weight excluding hydrogens is 566 g/mol. The smallest absolute Gasteiger partial charge is 0.419 e. The van der Waals surface area contributed by atoms with Crippen LogP contribution in [-0.2, 0) is 33.7 Å². The normalized spacial score (nSPS) is 18.2. The molecule has 1 unspecified atom stereocenters. The van der Waals surface area contributed by atoms with Crippen LogP contribution in [0.5, 0.6) is 0 Å². The molecule has 3 aromatic carbocycles. The van der Waals surface area contributed by atoms with E-state index < -0.39 is 18.0 Å². The zero-order valence-electron chi connectivity index (χ0n) is 26.1. The average Bonchev–Trinajstić information content (AvgIpc) is 3.74. The fraction of sp³-hybridized carbons (Fsp3) is 0.351. The van der Waals surface area contributed by atoms with Crippen LogP contribution in [-0.4, -0.2) is 46.4 Å². The van der Waals surface area contributed by atoms with E-state index in [1.54, 1.807) is 10.8 Å². The van der Waals surface area contributed by atoms with E-state index in [0.29, 0.717) is 35.5 Å². The number of fused-ring (bicyclic) bond motifs is 2. The summed E-state index contributed by atoms with van der Waals surface area (Å²) in [5, 5.41) is 3.92. The molecule has 1 N–H and O–H groups in total. The predicted octanol–water partition coefficient (Wildman–Crippen LogP) is 7.23. The van der Waals surface area contributed by atoms with Crippen LogP contribution >= 0.6 is 0 Å². The second-order valence-corrected chi connectivity index (χ2v) is 13.1. The summed E-state index contributed by atoms with van der Waals surface area (Å²) in [4.78, 5) is 29.6. The highest BCUT2D eigenvalue weighted by molar-refractivity contribution is 6.07. The van der Waals surface area contributed by atoms with Crippen molar-refractivity contribution in [2.75, 3.05) is 13.1 Å². The molecule has 0 radical (unpaired) electrons. The van der Waals surface area contributed by atoms with Gasteiger partial charge in [-0.3, -0.25) is 9.69 Å². The molecule has 1 amide bonds. The average molecular weight is 606 g/mol. The summed E-state index contributed by atoms with van der Waals surface area (Å²) >= 11 is 0. The van der Waals surface area contributed by atoms with Gasteiger partial charge in [-0.25, -0.2) is 9.36 Å². The number of rotatable bonds is 6. The number of piperidine rings is 1. The Hall–Kier alpha value is -4.56. The van der Waals surface area contributed by atoms with Gasteiger partial charge in [0.05, 0.1) is 16.8 Å². The van der Waals surface area contributed by atoms with Gasteiger partial charge < -0.3 is 19.5 Å². The molecular formula is C37H39N3O5. The number of hydrogen-bond donors (Lipinski definition) is 1. The van der Waals surface area contributed by atoms with Gasteiger partial charge in [0, 0.05) is 36.0 Å². The molecule has 45 heavy (non-hydrogen) atoms. The van der Waals surface area contributed by atoms with Crippen LogP contribution in [0, 0.1) is 0 Å². The number of hydrogen-bond acceptors (Lipinski definition) is 6. The number of nitrogens with zero attached hydrogens (tertiary/aromatic N) is 2. The highest BCUT2D eigenvalue weighted by Gasteiger charge is 2.33. The second kappa shape index (κ2) is 11.7. The summed E-state index contributed by atoms with van der Waals surface area (Å²) in [7, 11) is 0. The van der Waals surface area contributed by atoms with E-state index in [4.69, 9.17) is 14.2 Å². The van der Waals surface area contributed by atoms with Gasteiger partial charge >= 0.3 is 6.09 Å². The summed E-state index contributed by atoms with van der Waals surface area (Å²) in [6.07, 6.45) is 5.06. The minimum atomic E-state index is -0.690. The van der Waals surface area contributed by atoms with E-state index in [9.17, 15) is 9.59 Å². The Kier molecular flexibility index (Phi) is 7.61. The van der Waals surface area contributed by atoms with Crippen LogP contribution in [0.2, 0.25) is 0 Å². The van der Waals surface area contributed by atoms with Crippen molar-refractivity contribution < 1.29 is 23.8 Å². The predicted molar refractivity (Wildman–Crippen MR) is 173 cm³/mol. The van der Waals surface area contributed by atoms with Gasteiger partial charge in [-0.05, 0) is 81.6 Å². The van der Waals surface area contributed by atoms with E-state index in [0.717, 1.165) is 47.2 Å². The fourth-order valence-electron chi connectivity index (χ4n) is 6.59. The van der Waals surface area contributed by atoms with Gasteiger partial charge in [-0.1, -0.05) is 55.0 Å². The summed E-state index contributed by atoms with van der Waals surface area (Å²) in [5.41, 5.74) is 5.81. The quantitative estimate of drug-likeness (QED) is 0.250. The molecule has 3 aliphatic rings. The number of amides is 1. The lowest BCUT2D eigenvalue weighted by atomic mass is 9.95. The third kappa shape index (κ3) is 5.94. The standard InChI is InChI=1S/C37H39N3O5/c1-37(2,3)45-36(42)40-30-15-12-25(22-39-16-8-5-9-17-39)18-26(30)20-31(40)28-14-13-27(29-21-38-35(41)34(28)29)32-23-43-33(44-32)19-24-10-6-4-7-11-24/h4,6-7,10-15,18,20,23,33H,5,8-9,16-17,19,21-22H2,1-3H3,(H,38,41). The lowest BCUT2D eigenvalue weighted by Crippen LogP contribution is -2.29. The van der Waals surface area contributed by atoms with Crippen molar-refractivity contribution in [1.29, 1.82) is 0 Å². The van der Waals surface area contributed by atoms with Gasteiger partial charge in [-0.15, -0.1) is 0 Å². The van der Waals surface area contributed by atoms with Crippen molar-refractivity contribution in [3.8, 4) is 11.3 Å². The lowest BCUT2D eigenvalue weighted by molar-refractivity contribution is -0.0136. The first kappa shape index (κ1) is 29.2. The molecule has 1 saturated heterocycles. The molecule has 8 nitrogen and oxygen atoms in total. The summed E-state index contributed by atoms with van der Waals surface area (Å²) in [5.74, 6) is 0.402. The summed E-state index contributed by atoms with van der Waals surface area (Å²) < 4.78 is 19.6. The van der Waals surface area contributed by atoms with Gasteiger partial charge in [0.25, 0.3) is 5.91 Å². The molecule has 1 fully saturated rings. The van der Waals surface area contributed by atoms with E-state index in [2.05, 4.69) is 22.3 Å². The third-order valence-electron chi connectivity index (χ3n) is 8.63. The number of nitrogens with one attached hydrogen (secondary N) is 1. The van der Waals surface area contributed by atoms with Crippen molar-refractivity contribution in [3.05, 3.63) is 101 Å². The Morgan fingerprint density at radius 3 is 2.51 bits per heavy atom. The van der Waals surface area contributed by atoms with Crippen molar-refractivity contribution in [2.45, 2.75) is 71.4 Å². The first-order valence-electron chi connectivity index (χ1n) is 15.8. The first-order valence-corrected chi connectivity index (χ1v) is 15.8. The van der Waals surface area contributed by atoms with E-state index in [1.807, 2.05) is 75.4 Å². The Balaban J connectivity index is 1.26. The minimum Gasteiger partial charge on any atom is -0.458 e. The largest absolute Gasteiger partial charge is 0.458 e. The Morgan fingerprint density at radius 2 is 1.73 bits per heavy atom. The van der Waals surface area contributed by atoms with Crippen LogP contribution < -0.4 is 5.32 Å². The van der Waals surface area contributed by atoms with Gasteiger partial charge in [0.15, 0.2) is 5.76 Å². The highest BCUT2D eigenvalue weighted by atomic mass is 16.7. The summed E-state index contributed by atoms with van der Waals surface area (Å²) in [6.45, 7) is 9.01. The fourth-order valence-corrected chi connectivity index (χ4v) is 6.59. The number of ether oxygens (including phenoxy) is 3. The van der Waals surface area contributed by atoms with Gasteiger partial charge in [0.2, 0.25) is 6.29 Å². The molecule has 4 aromatic rings. The van der Waals surface area contributed by atoms with E-state index in [-0.39, 0.29) is 5.91 Å². The molecule has 3 aliphatic heterocycles. The Bertz CT molecular complexity index is 1790. The topological polar surface area (TPSA) is 82.0 Å². The third-order valence-corrected chi connectivity index (χ3v) is 8.63. The van der Waals surface area contributed by atoms with Crippen LogP contribution in [0.25, 0.3) is 27.9 Å². The maximum Gasteiger partial charge on any atom is 0.419 e. The molecule has 0 bridgehead atoms. The van der Waals surface area contributed by atoms with Crippen LogP contribution in [0.15, 0.2) is 73.0 Å². The van der Waals surface area contributed by atoms with Crippen LogP contribution in [0.1, 0.15) is 72.6 Å². The van der Waals surface area contributed by atoms with E-state index in [1.165, 1.54) is 24.8 Å². The molecule has 0 spiro atoms. The van der Waals surface area contributed by atoms with Crippen LogP contribution in [0.4, 0.5) is 4.79 Å².